The van der Waals surface area contributed by atoms with Gasteiger partial charge < -0.3 is 35.0 Å². The monoisotopic (exact) mass is 710 g/mol. The van der Waals surface area contributed by atoms with Crippen LogP contribution in [-0.2, 0) is 27.2 Å². The van der Waals surface area contributed by atoms with Gasteiger partial charge in [0, 0.05) is 40.0 Å². The fourth-order valence-electron chi connectivity index (χ4n) is 6.46. The summed E-state index contributed by atoms with van der Waals surface area (Å²) in [4.78, 5) is 69.3. The van der Waals surface area contributed by atoms with E-state index < -0.39 is 106 Å². The maximum Gasteiger partial charge on any atom is 0.180 e. The Balaban J connectivity index is 2.33. The van der Waals surface area contributed by atoms with Crippen molar-refractivity contribution in [3.05, 3.63) is 44.7 Å². The van der Waals surface area contributed by atoms with Crippen molar-refractivity contribution in [2.75, 3.05) is 14.2 Å². The lowest BCUT2D eigenvalue weighted by Crippen LogP contribution is -2.46. The average molecular weight is 711 g/mol. The lowest BCUT2D eigenvalue weighted by atomic mass is 9.69. The molecule has 0 bridgehead atoms. The summed E-state index contributed by atoms with van der Waals surface area (Å²) in [6.07, 6.45) is -0.185. The molecule has 278 valence electrons. The van der Waals surface area contributed by atoms with E-state index in [2.05, 4.69) is 0 Å². The van der Waals surface area contributed by atoms with Crippen molar-refractivity contribution in [1.29, 1.82) is 0 Å². The Morgan fingerprint density at radius 1 is 0.627 bits per heavy atom. The third-order valence-corrected chi connectivity index (χ3v) is 10.4. The van der Waals surface area contributed by atoms with Crippen molar-refractivity contribution in [1.82, 2.24) is 0 Å². The van der Waals surface area contributed by atoms with Crippen molar-refractivity contribution in [3.63, 3.8) is 0 Å². The van der Waals surface area contributed by atoms with Crippen molar-refractivity contribution in [2.45, 2.75) is 87.5 Å². The van der Waals surface area contributed by atoms with Crippen LogP contribution in [0.3, 0.4) is 0 Å². The van der Waals surface area contributed by atoms with Gasteiger partial charge in [0.1, 0.15) is 51.4 Å². The largest absolute Gasteiger partial charge is 0.511 e. The van der Waals surface area contributed by atoms with Crippen molar-refractivity contribution in [3.8, 4) is 34.5 Å². The second-order valence-corrected chi connectivity index (χ2v) is 13.5. The normalized spacial score (nSPS) is 18.0. The molecule has 5 N–H and O–H groups in total. The maximum atomic E-state index is 14.3. The van der Waals surface area contributed by atoms with Gasteiger partial charge in [0.2, 0.25) is 0 Å². The van der Waals surface area contributed by atoms with Crippen LogP contribution in [0.4, 0.5) is 0 Å². The third-order valence-electron chi connectivity index (χ3n) is 10.4. The number of hydrogen-bond donors (Lipinski definition) is 5. The maximum absolute atomic E-state index is 14.3. The summed E-state index contributed by atoms with van der Waals surface area (Å²) in [7, 11) is 2.53. The topological polar surface area (TPSA) is 205 Å². The fraction of sp³-hybridized carbons (Fsp3) is 0.513. The van der Waals surface area contributed by atoms with Gasteiger partial charge in [0.15, 0.2) is 28.9 Å². The zero-order valence-electron chi connectivity index (χ0n) is 31.0. The highest BCUT2D eigenvalue weighted by atomic mass is 16.5. The molecule has 0 saturated heterocycles. The number of benzene rings is 2. The quantitative estimate of drug-likeness (QED) is 0.0489. The molecule has 0 spiro atoms. The Morgan fingerprint density at radius 2 is 0.961 bits per heavy atom. The number of rotatable bonds is 14. The number of Topliss-reactive ketones (excluding diaryl/α,β-unsaturated/α-hetero) is 5. The summed E-state index contributed by atoms with van der Waals surface area (Å²) in [5.74, 6) is -12.6. The number of aliphatic hydroxyl groups excluding tert-OH is 1. The van der Waals surface area contributed by atoms with Crippen molar-refractivity contribution in [2.24, 2.45) is 29.6 Å². The van der Waals surface area contributed by atoms with E-state index in [1.54, 1.807) is 41.5 Å². The highest BCUT2D eigenvalue weighted by Crippen LogP contribution is 2.48. The Morgan fingerprint density at radius 3 is 1.25 bits per heavy atom. The number of carbonyl (C=O) groups is 5. The van der Waals surface area contributed by atoms with E-state index in [1.807, 2.05) is 0 Å². The van der Waals surface area contributed by atoms with Crippen molar-refractivity contribution >= 4 is 28.9 Å². The van der Waals surface area contributed by atoms with Gasteiger partial charge in [-0.25, -0.2) is 0 Å². The van der Waals surface area contributed by atoms with E-state index in [0.717, 1.165) is 0 Å². The molecular weight excluding hydrogens is 660 g/mol. The summed E-state index contributed by atoms with van der Waals surface area (Å²) in [6.45, 7) is 13.0. The van der Waals surface area contributed by atoms with E-state index in [1.165, 1.54) is 28.1 Å². The second-order valence-electron chi connectivity index (χ2n) is 13.5. The minimum atomic E-state index is -1.75. The Hall–Kier alpha value is -4.87. The minimum absolute atomic E-state index is 0.0700. The van der Waals surface area contributed by atoms with Gasteiger partial charge in [-0.2, -0.15) is 0 Å². The standard InChI is InChI=1S/C39H50O12/c1-11-16(4)28(40)25-34(46)23(14-21-31(43)19(7)38(50-9)26(36(21)48)29(41)17(5)12-2)33(45)24(35(25)47)15-22-32(44)20(8)39(51-10)27(37(22)49)30(42)18(6)13-3/h16-18,23-24,40,43-44,48-49H,11-15H2,1-10H3. The SMILES string of the molecule is CCC(C)C(=O)c1c(O)c(CC2C(=O)C(=C(O)C(C)CC)C(=O)C(Cc3c(O)c(C)c(OC)c(C(=O)C(C)CC)c3O)C2=O)c(O)c(C)c1OC. The average Bonchev–Trinajstić information content (AvgIpc) is 3.11. The van der Waals surface area contributed by atoms with Crippen LogP contribution in [-0.4, -0.2) is 68.7 Å². The highest BCUT2D eigenvalue weighted by Gasteiger charge is 2.49. The van der Waals surface area contributed by atoms with E-state index in [4.69, 9.17) is 9.47 Å². The number of carbonyl (C=O) groups excluding carboxylic acids is 5. The Labute approximate surface area is 298 Å². The smallest absolute Gasteiger partial charge is 0.180 e. The zero-order chi connectivity index (χ0) is 38.8. The lowest BCUT2D eigenvalue weighted by Gasteiger charge is -2.30. The van der Waals surface area contributed by atoms with Gasteiger partial charge in [0.05, 0.1) is 31.6 Å². The lowest BCUT2D eigenvalue weighted by molar-refractivity contribution is -0.141. The molecular formula is C39H50O12. The summed E-state index contributed by atoms with van der Waals surface area (Å²) in [5, 5.41) is 56.6. The summed E-state index contributed by atoms with van der Waals surface area (Å²) >= 11 is 0. The molecule has 12 heteroatoms. The van der Waals surface area contributed by atoms with Crippen LogP contribution in [0.25, 0.3) is 0 Å². The number of allylic oxidation sites excluding steroid dienone is 2. The van der Waals surface area contributed by atoms with Gasteiger partial charge >= 0.3 is 0 Å². The third kappa shape index (κ3) is 7.05. The minimum Gasteiger partial charge on any atom is -0.511 e. The molecule has 1 aliphatic rings. The molecule has 0 aliphatic heterocycles. The van der Waals surface area contributed by atoms with E-state index in [-0.39, 0.29) is 44.9 Å². The number of methoxy groups -OCH3 is 2. The number of phenolic OH excluding ortho intramolecular Hbond substituents is 4. The number of ether oxygens (including phenoxy) is 2. The predicted octanol–water partition coefficient (Wildman–Crippen LogP) is 6.20. The summed E-state index contributed by atoms with van der Waals surface area (Å²) in [5.41, 5.74) is -1.61. The van der Waals surface area contributed by atoms with Gasteiger partial charge in [0.25, 0.3) is 0 Å². The van der Waals surface area contributed by atoms with Crippen LogP contribution in [0.1, 0.15) is 104 Å². The summed E-state index contributed by atoms with van der Waals surface area (Å²) in [6, 6.07) is 0. The molecule has 1 aliphatic carbocycles. The molecule has 2 aromatic carbocycles. The number of aliphatic hydroxyl groups is 1. The van der Waals surface area contributed by atoms with Crippen LogP contribution in [0.15, 0.2) is 11.3 Å². The molecule has 1 saturated carbocycles. The molecule has 3 rings (SSSR count). The molecule has 0 heterocycles. The van der Waals surface area contributed by atoms with Crippen LogP contribution < -0.4 is 9.47 Å². The van der Waals surface area contributed by atoms with Crippen LogP contribution in [0, 0.1) is 43.4 Å². The number of phenols is 4. The molecule has 0 amide bonds. The second kappa shape index (κ2) is 16.0. The molecule has 2 aromatic rings. The molecule has 12 nitrogen and oxygen atoms in total. The van der Waals surface area contributed by atoms with Gasteiger partial charge in [-0.15, -0.1) is 0 Å². The number of hydrogen-bond acceptors (Lipinski definition) is 12. The predicted molar refractivity (Wildman–Crippen MR) is 188 cm³/mol. The molecule has 1 fully saturated rings. The molecule has 51 heavy (non-hydrogen) atoms. The van der Waals surface area contributed by atoms with Crippen LogP contribution in [0.5, 0.6) is 34.5 Å². The van der Waals surface area contributed by atoms with Gasteiger partial charge in [-0.05, 0) is 46.0 Å². The van der Waals surface area contributed by atoms with E-state index in [9.17, 15) is 49.5 Å². The molecule has 5 unspecified atom stereocenters. The first-order valence-electron chi connectivity index (χ1n) is 17.2. The first kappa shape index (κ1) is 40.6. The van der Waals surface area contributed by atoms with Crippen molar-refractivity contribution < 1.29 is 59.0 Å². The summed E-state index contributed by atoms with van der Waals surface area (Å²) < 4.78 is 10.8. The highest BCUT2D eigenvalue weighted by molar-refractivity contribution is 6.35. The Kier molecular flexibility index (Phi) is 12.7. The van der Waals surface area contributed by atoms with Gasteiger partial charge in [-0.1, -0.05) is 41.5 Å². The first-order chi connectivity index (χ1) is 23.9. The molecule has 0 radical (unpaired) electrons. The molecule has 0 aromatic heterocycles. The van der Waals surface area contributed by atoms with E-state index in [0.29, 0.717) is 19.3 Å². The van der Waals surface area contributed by atoms with E-state index >= 15 is 0 Å². The number of aromatic hydroxyl groups is 4. The van der Waals surface area contributed by atoms with Crippen LogP contribution >= 0.6 is 0 Å². The fourth-order valence-corrected chi connectivity index (χ4v) is 6.46. The number of ketones is 5. The zero-order valence-corrected chi connectivity index (χ0v) is 31.0. The van der Waals surface area contributed by atoms with Crippen LogP contribution in [0.2, 0.25) is 0 Å². The molecule has 5 atom stereocenters. The van der Waals surface area contributed by atoms with Gasteiger partial charge in [-0.3, -0.25) is 24.0 Å². The first-order valence-corrected chi connectivity index (χ1v) is 17.2. The Bertz CT molecular complexity index is 1680.